The van der Waals surface area contributed by atoms with Crippen molar-refractivity contribution in [1.29, 1.82) is 0 Å². The zero-order valence-electron chi connectivity index (χ0n) is 9.05. The van der Waals surface area contributed by atoms with E-state index in [-0.39, 0.29) is 5.78 Å². The molecule has 0 aromatic heterocycles. The number of carbonyl (C=O) groups excluding carboxylic acids is 1. The van der Waals surface area contributed by atoms with Crippen LogP contribution in [0.4, 0.5) is 0 Å². The monoisotopic (exact) mass is 187 g/mol. The summed E-state index contributed by atoms with van der Waals surface area (Å²) in [4.78, 5) is 11.3. The van der Waals surface area contributed by atoms with Gasteiger partial charge < -0.3 is 10.8 Å². The first-order valence-electron chi connectivity index (χ1n) is 4.90. The van der Waals surface area contributed by atoms with Gasteiger partial charge in [-0.25, -0.2) is 0 Å². The molecule has 0 spiro atoms. The van der Waals surface area contributed by atoms with Gasteiger partial charge in [0.2, 0.25) is 0 Å². The minimum Gasteiger partial charge on any atom is -0.380 e. The molecule has 0 saturated heterocycles. The molecule has 0 aliphatic heterocycles. The summed E-state index contributed by atoms with van der Waals surface area (Å²) in [6, 6.07) is 0. The Hall–Kier alpha value is -0.410. The van der Waals surface area contributed by atoms with Crippen molar-refractivity contribution in [2.24, 2.45) is 5.73 Å². The maximum Gasteiger partial charge on any atom is 0.163 e. The molecular formula is C10H21NO2. The molecule has 0 aliphatic carbocycles. The lowest BCUT2D eigenvalue weighted by Crippen LogP contribution is -2.63. The van der Waals surface area contributed by atoms with Crippen LogP contribution in [0.1, 0.15) is 47.0 Å². The summed E-state index contributed by atoms with van der Waals surface area (Å²) in [5.41, 5.74) is 3.87. The van der Waals surface area contributed by atoms with Crippen LogP contribution in [-0.2, 0) is 4.79 Å². The molecule has 0 aromatic rings. The average molecular weight is 187 g/mol. The Labute approximate surface area is 80.3 Å². The van der Waals surface area contributed by atoms with Gasteiger partial charge in [-0.3, -0.25) is 4.79 Å². The molecule has 13 heavy (non-hydrogen) atoms. The summed E-state index contributed by atoms with van der Waals surface area (Å²) in [5, 5.41) is 10.1. The topological polar surface area (TPSA) is 63.3 Å². The van der Waals surface area contributed by atoms with Gasteiger partial charge in [0.05, 0.1) is 5.54 Å². The summed E-state index contributed by atoms with van der Waals surface area (Å²) >= 11 is 0. The van der Waals surface area contributed by atoms with Gasteiger partial charge in [-0.05, 0) is 26.2 Å². The van der Waals surface area contributed by atoms with Gasteiger partial charge in [-0.15, -0.1) is 0 Å². The molecule has 1 atom stereocenters. The molecular weight excluding hydrogens is 166 g/mol. The van der Waals surface area contributed by atoms with Gasteiger partial charge in [0.15, 0.2) is 5.78 Å². The highest BCUT2D eigenvalue weighted by molar-refractivity contribution is 5.86. The maximum absolute atomic E-state index is 11.3. The predicted octanol–water partition coefficient (Wildman–Crippen LogP) is 1.23. The zero-order chi connectivity index (χ0) is 10.7. The third-order valence-electron chi connectivity index (χ3n) is 3.18. The van der Waals surface area contributed by atoms with Gasteiger partial charge in [-0.2, -0.15) is 0 Å². The largest absolute Gasteiger partial charge is 0.380 e. The molecule has 0 aliphatic rings. The van der Waals surface area contributed by atoms with E-state index in [4.69, 9.17) is 5.73 Å². The number of ketones is 1. The minimum absolute atomic E-state index is 0.235. The molecule has 0 heterocycles. The number of Topliss-reactive ketones (excluding diaryl/α,β-unsaturated/α-hetero) is 1. The fourth-order valence-corrected chi connectivity index (χ4v) is 1.79. The second-order valence-corrected chi connectivity index (χ2v) is 3.63. The van der Waals surface area contributed by atoms with Crippen LogP contribution in [0.2, 0.25) is 0 Å². The summed E-state index contributed by atoms with van der Waals surface area (Å²) in [7, 11) is 0. The highest BCUT2D eigenvalue weighted by Crippen LogP contribution is 2.30. The molecule has 0 bridgehead atoms. The van der Waals surface area contributed by atoms with Crippen LogP contribution in [0.5, 0.6) is 0 Å². The number of rotatable bonds is 5. The Bertz CT molecular complexity index is 187. The van der Waals surface area contributed by atoms with Crippen molar-refractivity contribution >= 4 is 5.78 Å². The number of aliphatic hydroxyl groups is 1. The summed E-state index contributed by atoms with van der Waals surface area (Å²) in [6.45, 7) is 6.98. The smallest absolute Gasteiger partial charge is 0.163 e. The van der Waals surface area contributed by atoms with E-state index in [1.165, 1.54) is 6.92 Å². The molecule has 0 saturated carbocycles. The van der Waals surface area contributed by atoms with Crippen LogP contribution in [-0.4, -0.2) is 22.0 Å². The van der Waals surface area contributed by atoms with Gasteiger partial charge in [0, 0.05) is 0 Å². The van der Waals surface area contributed by atoms with Crippen LogP contribution in [0, 0.1) is 0 Å². The van der Waals surface area contributed by atoms with Crippen molar-refractivity contribution in [3.63, 3.8) is 0 Å². The Balaban J connectivity index is 5.03. The highest BCUT2D eigenvalue weighted by Gasteiger charge is 2.47. The minimum atomic E-state index is -1.36. The lowest BCUT2D eigenvalue weighted by Gasteiger charge is -2.41. The van der Waals surface area contributed by atoms with Crippen LogP contribution >= 0.6 is 0 Å². The van der Waals surface area contributed by atoms with E-state index in [1.54, 1.807) is 6.92 Å². The van der Waals surface area contributed by atoms with E-state index >= 15 is 0 Å². The third kappa shape index (κ3) is 1.92. The lowest BCUT2D eigenvalue weighted by atomic mass is 9.72. The van der Waals surface area contributed by atoms with E-state index in [1.807, 2.05) is 13.8 Å². The second kappa shape index (κ2) is 4.20. The lowest BCUT2D eigenvalue weighted by molar-refractivity contribution is -0.144. The molecule has 78 valence electrons. The summed E-state index contributed by atoms with van der Waals surface area (Å²) in [6.07, 6.45) is 1.58. The fourth-order valence-electron chi connectivity index (χ4n) is 1.79. The Morgan fingerprint density at radius 2 is 1.62 bits per heavy atom. The van der Waals surface area contributed by atoms with Crippen molar-refractivity contribution in [2.75, 3.05) is 0 Å². The van der Waals surface area contributed by atoms with Crippen LogP contribution in [0.15, 0.2) is 0 Å². The quantitative estimate of drug-likeness (QED) is 0.680. The summed E-state index contributed by atoms with van der Waals surface area (Å²) < 4.78 is 0. The van der Waals surface area contributed by atoms with E-state index in [0.717, 1.165) is 0 Å². The van der Waals surface area contributed by atoms with Gasteiger partial charge in [0.25, 0.3) is 0 Å². The van der Waals surface area contributed by atoms with E-state index in [0.29, 0.717) is 19.3 Å². The first-order chi connectivity index (χ1) is 5.88. The molecule has 3 heteroatoms. The Morgan fingerprint density at radius 3 is 1.69 bits per heavy atom. The SMILES string of the molecule is CCC(N)(CC)C(O)(CC)C(C)=O. The average Bonchev–Trinajstić information content (AvgIpc) is 2.14. The second-order valence-electron chi connectivity index (χ2n) is 3.63. The number of hydrogen-bond acceptors (Lipinski definition) is 3. The first-order valence-corrected chi connectivity index (χ1v) is 4.90. The zero-order valence-corrected chi connectivity index (χ0v) is 9.05. The molecule has 3 nitrogen and oxygen atoms in total. The number of hydrogen-bond donors (Lipinski definition) is 2. The van der Waals surface area contributed by atoms with Gasteiger partial charge >= 0.3 is 0 Å². The molecule has 0 radical (unpaired) electrons. The normalized spacial score (nSPS) is 16.8. The van der Waals surface area contributed by atoms with Crippen molar-refractivity contribution in [1.82, 2.24) is 0 Å². The maximum atomic E-state index is 11.3. The van der Waals surface area contributed by atoms with E-state index in [9.17, 15) is 9.90 Å². The third-order valence-corrected chi connectivity index (χ3v) is 3.18. The number of carbonyl (C=O) groups is 1. The highest BCUT2D eigenvalue weighted by atomic mass is 16.3. The van der Waals surface area contributed by atoms with Crippen molar-refractivity contribution in [2.45, 2.75) is 58.1 Å². The van der Waals surface area contributed by atoms with E-state index in [2.05, 4.69) is 0 Å². The molecule has 0 amide bonds. The van der Waals surface area contributed by atoms with Crippen LogP contribution in [0.25, 0.3) is 0 Å². The fraction of sp³-hybridized carbons (Fsp3) is 0.900. The van der Waals surface area contributed by atoms with Gasteiger partial charge in [0.1, 0.15) is 5.60 Å². The standard InChI is InChI=1S/C10H21NO2/c1-5-9(11,6-2)10(13,7-3)8(4)12/h13H,5-7,11H2,1-4H3. The summed E-state index contributed by atoms with van der Waals surface area (Å²) in [5.74, 6) is -0.235. The van der Waals surface area contributed by atoms with Crippen molar-refractivity contribution in [3.05, 3.63) is 0 Å². The van der Waals surface area contributed by atoms with Crippen LogP contribution < -0.4 is 5.73 Å². The number of nitrogens with two attached hydrogens (primary N) is 1. The van der Waals surface area contributed by atoms with Crippen molar-refractivity contribution < 1.29 is 9.90 Å². The molecule has 0 rings (SSSR count). The first kappa shape index (κ1) is 12.6. The molecule has 1 unspecified atom stereocenters. The van der Waals surface area contributed by atoms with Crippen molar-refractivity contribution in [3.8, 4) is 0 Å². The molecule has 3 N–H and O–H groups in total. The predicted molar refractivity (Wildman–Crippen MR) is 53.4 cm³/mol. The molecule has 0 fully saturated rings. The Morgan fingerprint density at radius 1 is 1.23 bits per heavy atom. The molecule has 0 aromatic carbocycles. The van der Waals surface area contributed by atoms with E-state index < -0.39 is 11.1 Å². The van der Waals surface area contributed by atoms with Crippen LogP contribution in [0.3, 0.4) is 0 Å². The Kier molecular flexibility index (Phi) is 4.07. The van der Waals surface area contributed by atoms with Gasteiger partial charge in [-0.1, -0.05) is 20.8 Å².